The second kappa shape index (κ2) is 46.2. The fraction of sp³-hybridized carbons (Fsp3) is 0.846. The van der Waals surface area contributed by atoms with Crippen molar-refractivity contribution in [3.63, 3.8) is 0 Å². The quantitative estimate of drug-likeness (QED) is 0.0323. The summed E-state index contributed by atoms with van der Waals surface area (Å²) in [5.74, 6) is -0.477. The molecule has 0 radical (unpaired) electrons. The summed E-state index contributed by atoms with van der Waals surface area (Å²) >= 11 is 0. The van der Waals surface area contributed by atoms with Gasteiger partial charge in [-0.3, -0.25) is 9.59 Å². The van der Waals surface area contributed by atoms with Crippen molar-refractivity contribution in [2.24, 2.45) is 0 Å². The maximum Gasteiger partial charge on any atom is 0.306 e. The number of carbonyl (C=O) groups excluding carboxylic acids is 2. The molecular formula is C52H97NO5. The number of ether oxygens (including phenoxy) is 1. The van der Waals surface area contributed by atoms with E-state index in [1.807, 2.05) is 0 Å². The van der Waals surface area contributed by atoms with Crippen LogP contribution in [0.15, 0.2) is 36.5 Å². The molecule has 0 fully saturated rings. The number of carbonyl (C=O) groups is 2. The molecular weight excluding hydrogens is 719 g/mol. The van der Waals surface area contributed by atoms with E-state index in [-0.39, 0.29) is 24.9 Å². The summed E-state index contributed by atoms with van der Waals surface area (Å²) in [6.07, 6.45) is 53.4. The van der Waals surface area contributed by atoms with E-state index in [2.05, 4.69) is 62.5 Å². The highest BCUT2D eigenvalue weighted by Gasteiger charge is 2.24. The lowest BCUT2D eigenvalue weighted by molar-refractivity contribution is -0.151. The van der Waals surface area contributed by atoms with Crippen molar-refractivity contribution in [3.8, 4) is 0 Å². The Hall–Kier alpha value is -1.92. The van der Waals surface area contributed by atoms with Gasteiger partial charge in [-0.2, -0.15) is 0 Å². The Labute approximate surface area is 360 Å². The molecule has 0 heterocycles. The first-order valence-electron chi connectivity index (χ1n) is 25.2. The standard InChI is InChI=1S/C52H97NO5/c1-4-7-10-13-16-19-22-24-25-27-30-33-36-39-42-45-52(57)58-48(43-40-37-34-31-29-26-23-20-17-14-11-8-5-2)46-51(56)53-49(47-54)50(55)44-41-38-35-32-28-21-18-15-12-9-6-3/h7,10,13,16,19,22,48-50,54-55H,4-6,8-9,11-12,14-15,17-18,20-21,23-47H2,1-3H3,(H,53,56)/b10-7+,16-13+,22-19+. The molecule has 0 saturated carbocycles. The van der Waals surface area contributed by atoms with Crippen molar-refractivity contribution < 1.29 is 24.5 Å². The highest BCUT2D eigenvalue weighted by Crippen LogP contribution is 2.18. The first-order chi connectivity index (χ1) is 28.5. The molecule has 1 amide bonds. The van der Waals surface area contributed by atoms with Gasteiger partial charge in [0.05, 0.1) is 25.2 Å². The summed E-state index contributed by atoms with van der Waals surface area (Å²) in [7, 11) is 0. The Bertz CT molecular complexity index is 961. The Morgan fingerprint density at radius 2 is 0.931 bits per heavy atom. The lowest BCUT2D eigenvalue weighted by atomic mass is 10.0. The second-order valence-electron chi connectivity index (χ2n) is 17.3. The van der Waals surface area contributed by atoms with Crippen molar-refractivity contribution in [2.45, 2.75) is 277 Å². The minimum absolute atomic E-state index is 0.0764. The first kappa shape index (κ1) is 56.1. The van der Waals surface area contributed by atoms with Gasteiger partial charge in [0, 0.05) is 6.42 Å². The van der Waals surface area contributed by atoms with E-state index in [1.165, 1.54) is 154 Å². The van der Waals surface area contributed by atoms with E-state index in [0.717, 1.165) is 57.8 Å². The van der Waals surface area contributed by atoms with Gasteiger partial charge in [0.2, 0.25) is 5.91 Å². The third-order valence-corrected chi connectivity index (χ3v) is 11.5. The van der Waals surface area contributed by atoms with Gasteiger partial charge in [0.25, 0.3) is 0 Å². The van der Waals surface area contributed by atoms with Crippen LogP contribution in [0.1, 0.15) is 258 Å². The summed E-state index contributed by atoms with van der Waals surface area (Å²) in [6.45, 7) is 6.35. The van der Waals surface area contributed by atoms with Gasteiger partial charge in [0.1, 0.15) is 6.10 Å². The van der Waals surface area contributed by atoms with Gasteiger partial charge >= 0.3 is 5.97 Å². The van der Waals surface area contributed by atoms with Gasteiger partial charge in [-0.25, -0.2) is 0 Å². The van der Waals surface area contributed by atoms with E-state index in [0.29, 0.717) is 19.3 Å². The van der Waals surface area contributed by atoms with Gasteiger partial charge in [0.15, 0.2) is 0 Å². The van der Waals surface area contributed by atoms with E-state index in [4.69, 9.17) is 4.74 Å². The van der Waals surface area contributed by atoms with E-state index >= 15 is 0 Å². The Morgan fingerprint density at radius 3 is 1.40 bits per heavy atom. The fourth-order valence-electron chi connectivity index (χ4n) is 7.73. The van der Waals surface area contributed by atoms with Crippen LogP contribution in [0.25, 0.3) is 0 Å². The van der Waals surface area contributed by atoms with Crippen LogP contribution in [-0.2, 0) is 14.3 Å². The molecule has 0 aromatic carbocycles. The highest BCUT2D eigenvalue weighted by atomic mass is 16.5. The Kier molecular flexibility index (Phi) is 44.6. The van der Waals surface area contributed by atoms with Crippen LogP contribution < -0.4 is 5.32 Å². The predicted molar refractivity (Wildman–Crippen MR) is 250 cm³/mol. The number of rotatable bonds is 45. The summed E-state index contributed by atoms with van der Waals surface area (Å²) in [4.78, 5) is 26.1. The molecule has 0 aromatic heterocycles. The number of amides is 1. The van der Waals surface area contributed by atoms with Gasteiger partial charge < -0.3 is 20.3 Å². The molecule has 0 aromatic rings. The summed E-state index contributed by atoms with van der Waals surface area (Å²) < 4.78 is 5.93. The first-order valence-corrected chi connectivity index (χ1v) is 25.2. The molecule has 3 atom stereocenters. The maximum absolute atomic E-state index is 13.2. The number of hydrogen-bond acceptors (Lipinski definition) is 5. The summed E-state index contributed by atoms with van der Waals surface area (Å²) in [5.41, 5.74) is 0. The van der Waals surface area contributed by atoms with Gasteiger partial charge in [-0.15, -0.1) is 0 Å². The number of esters is 1. The van der Waals surface area contributed by atoms with Crippen LogP contribution in [-0.4, -0.2) is 46.9 Å². The number of aliphatic hydroxyl groups excluding tert-OH is 2. The van der Waals surface area contributed by atoms with E-state index < -0.39 is 18.2 Å². The van der Waals surface area contributed by atoms with Crippen LogP contribution in [0.4, 0.5) is 0 Å². The average molecular weight is 816 g/mol. The van der Waals surface area contributed by atoms with Gasteiger partial charge in [-0.05, 0) is 44.9 Å². The molecule has 0 aliphatic rings. The average Bonchev–Trinajstić information content (AvgIpc) is 3.22. The molecule has 6 nitrogen and oxygen atoms in total. The molecule has 0 spiro atoms. The molecule has 6 heteroatoms. The third-order valence-electron chi connectivity index (χ3n) is 11.5. The van der Waals surface area contributed by atoms with Crippen LogP contribution in [0, 0.1) is 0 Å². The molecule has 0 bridgehead atoms. The number of unbranched alkanes of at least 4 members (excludes halogenated alkanes) is 29. The Balaban J connectivity index is 4.57. The van der Waals surface area contributed by atoms with Crippen LogP contribution >= 0.6 is 0 Å². The lowest BCUT2D eigenvalue weighted by Gasteiger charge is -2.24. The summed E-state index contributed by atoms with van der Waals surface area (Å²) in [5, 5.41) is 23.7. The lowest BCUT2D eigenvalue weighted by Crippen LogP contribution is -2.46. The van der Waals surface area contributed by atoms with Crippen molar-refractivity contribution in [1.82, 2.24) is 5.32 Å². The van der Waals surface area contributed by atoms with Crippen molar-refractivity contribution in [3.05, 3.63) is 36.5 Å². The predicted octanol–water partition coefficient (Wildman–Crippen LogP) is 14.9. The zero-order valence-corrected chi connectivity index (χ0v) is 38.7. The zero-order valence-electron chi connectivity index (χ0n) is 38.7. The second-order valence-corrected chi connectivity index (χ2v) is 17.3. The molecule has 0 aliphatic carbocycles. The van der Waals surface area contributed by atoms with Crippen molar-refractivity contribution >= 4 is 11.9 Å². The normalized spacial score (nSPS) is 13.5. The fourth-order valence-corrected chi connectivity index (χ4v) is 7.73. The van der Waals surface area contributed by atoms with Gasteiger partial charge in [-0.1, -0.05) is 237 Å². The smallest absolute Gasteiger partial charge is 0.306 e. The van der Waals surface area contributed by atoms with E-state index in [9.17, 15) is 19.8 Å². The maximum atomic E-state index is 13.2. The Morgan fingerprint density at radius 1 is 0.517 bits per heavy atom. The molecule has 0 aliphatic heterocycles. The molecule has 0 saturated heterocycles. The van der Waals surface area contributed by atoms with Crippen LogP contribution in [0.2, 0.25) is 0 Å². The molecule has 3 unspecified atom stereocenters. The molecule has 58 heavy (non-hydrogen) atoms. The molecule has 0 rings (SSSR count). The number of aliphatic hydroxyl groups is 2. The topological polar surface area (TPSA) is 95.9 Å². The zero-order chi connectivity index (χ0) is 42.4. The minimum atomic E-state index is -0.785. The SMILES string of the molecule is CC/C=C/C=C/C=C/CCCCCCCCCC(=O)OC(CCCCCCCCCCCCCCC)CC(=O)NC(CO)C(O)CCCCCCCCCCCCC. The minimum Gasteiger partial charge on any atom is -0.462 e. The van der Waals surface area contributed by atoms with Crippen molar-refractivity contribution in [2.75, 3.05) is 6.61 Å². The molecule has 3 N–H and O–H groups in total. The summed E-state index contributed by atoms with van der Waals surface area (Å²) in [6, 6.07) is -0.699. The number of hydrogen-bond donors (Lipinski definition) is 3. The van der Waals surface area contributed by atoms with E-state index in [1.54, 1.807) is 0 Å². The van der Waals surface area contributed by atoms with Crippen molar-refractivity contribution in [1.29, 1.82) is 0 Å². The highest BCUT2D eigenvalue weighted by molar-refractivity contribution is 5.77. The molecule has 340 valence electrons. The largest absolute Gasteiger partial charge is 0.462 e. The third kappa shape index (κ3) is 40.8. The van der Waals surface area contributed by atoms with Crippen LogP contribution in [0.3, 0.4) is 0 Å². The monoisotopic (exact) mass is 816 g/mol. The van der Waals surface area contributed by atoms with Crippen LogP contribution in [0.5, 0.6) is 0 Å². The number of nitrogens with one attached hydrogen (secondary N) is 1. The number of allylic oxidation sites excluding steroid dienone is 6.